The Hall–Kier alpha value is -1.72. The van der Waals surface area contributed by atoms with E-state index in [1.165, 1.54) is 0 Å². The van der Waals surface area contributed by atoms with E-state index in [0.717, 1.165) is 29.7 Å². The van der Waals surface area contributed by atoms with Crippen LogP contribution in [0.2, 0.25) is 0 Å². The van der Waals surface area contributed by atoms with Crippen LogP contribution >= 0.6 is 0 Å². The molecule has 0 radical (unpaired) electrons. The maximum atomic E-state index is 11.5. The number of aliphatic hydroxyl groups is 1. The molecule has 2 aromatic rings. The standard InChI is InChI=1S/C22H27O6.W/c1-2-12-28-20-9-5-18(6-10-20)14-17-3-7-19(8-4-17)21(22(24)25)15-27-16-26-13-11-23;/h3-10,21,23H,1-2,11-16H2,(H,24,25);/q-1;. The predicted molar refractivity (Wildman–Crippen MR) is 105 cm³/mol. The number of ether oxygens (including phenoxy) is 3. The van der Waals surface area contributed by atoms with Gasteiger partial charge in [-0.25, -0.2) is 0 Å². The maximum absolute atomic E-state index is 11.5. The Morgan fingerprint density at radius 1 is 0.966 bits per heavy atom. The molecule has 158 valence electrons. The average molecular weight is 571 g/mol. The van der Waals surface area contributed by atoms with Gasteiger partial charge in [-0.05, 0) is 35.2 Å². The second-order valence-electron chi connectivity index (χ2n) is 6.28. The molecular weight excluding hydrogens is 544 g/mol. The summed E-state index contributed by atoms with van der Waals surface area (Å²) >= 11 is 0. The van der Waals surface area contributed by atoms with E-state index in [9.17, 15) is 9.90 Å². The number of rotatable bonds is 13. The average Bonchev–Trinajstić information content (AvgIpc) is 2.71. The van der Waals surface area contributed by atoms with Crippen LogP contribution < -0.4 is 4.74 Å². The minimum atomic E-state index is -0.951. The molecule has 0 heterocycles. The molecule has 1 unspecified atom stereocenters. The fraction of sp³-hybridized carbons (Fsp3) is 0.364. The Bertz CT molecular complexity index is 702. The topological polar surface area (TPSA) is 85.2 Å². The van der Waals surface area contributed by atoms with E-state index in [-0.39, 0.29) is 47.7 Å². The molecule has 0 aliphatic carbocycles. The number of carbonyl (C=O) groups is 1. The summed E-state index contributed by atoms with van der Waals surface area (Å²) in [6, 6.07) is 15.4. The van der Waals surface area contributed by atoms with Crippen LogP contribution in [-0.4, -0.2) is 49.4 Å². The molecule has 29 heavy (non-hydrogen) atoms. The molecule has 7 heteroatoms. The number of carboxylic acid groups (broad SMARTS) is 1. The summed E-state index contributed by atoms with van der Waals surface area (Å²) in [4.78, 5) is 11.5. The summed E-state index contributed by atoms with van der Waals surface area (Å²) in [5.41, 5.74) is 2.91. The molecule has 0 amide bonds. The third-order valence-corrected chi connectivity index (χ3v) is 4.11. The van der Waals surface area contributed by atoms with Gasteiger partial charge in [-0.15, -0.1) is 6.42 Å². The zero-order valence-corrected chi connectivity index (χ0v) is 19.2. The Morgan fingerprint density at radius 3 is 2.14 bits per heavy atom. The minimum Gasteiger partial charge on any atom is -0.496 e. The molecule has 0 saturated carbocycles. The largest absolute Gasteiger partial charge is 0.496 e. The van der Waals surface area contributed by atoms with Crippen LogP contribution in [0, 0.1) is 6.92 Å². The third kappa shape index (κ3) is 9.09. The van der Waals surface area contributed by atoms with E-state index < -0.39 is 11.9 Å². The molecule has 2 rings (SSSR count). The van der Waals surface area contributed by atoms with E-state index in [2.05, 4.69) is 6.92 Å². The summed E-state index contributed by atoms with van der Waals surface area (Å²) in [5.74, 6) is -0.890. The quantitative estimate of drug-likeness (QED) is 0.219. The van der Waals surface area contributed by atoms with E-state index in [4.69, 9.17) is 19.3 Å². The number of benzene rings is 2. The van der Waals surface area contributed by atoms with Crippen LogP contribution in [0.4, 0.5) is 0 Å². The monoisotopic (exact) mass is 571 g/mol. The van der Waals surface area contributed by atoms with Gasteiger partial charge in [-0.3, -0.25) is 4.79 Å². The summed E-state index contributed by atoms with van der Waals surface area (Å²) < 4.78 is 15.8. The third-order valence-electron chi connectivity index (χ3n) is 4.11. The van der Waals surface area contributed by atoms with Crippen molar-refractivity contribution in [1.82, 2.24) is 0 Å². The molecule has 0 aromatic heterocycles. The Morgan fingerprint density at radius 2 is 1.59 bits per heavy atom. The first-order valence-electron chi connectivity index (χ1n) is 9.23. The van der Waals surface area contributed by atoms with Crippen molar-refractivity contribution in [2.75, 3.05) is 33.2 Å². The first-order chi connectivity index (χ1) is 13.6. The van der Waals surface area contributed by atoms with E-state index in [1.807, 2.05) is 48.5 Å². The summed E-state index contributed by atoms with van der Waals surface area (Å²) in [6.07, 6.45) is 1.48. The SMILES string of the molecule is [CH2-]CCOc1ccc(Cc2ccc(C(COCOCCO)C(=O)O)cc2)cc1.[W]. The fourth-order valence-electron chi connectivity index (χ4n) is 2.66. The van der Waals surface area contributed by atoms with Gasteiger partial charge in [-0.1, -0.05) is 36.4 Å². The van der Waals surface area contributed by atoms with Crippen molar-refractivity contribution in [3.63, 3.8) is 0 Å². The van der Waals surface area contributed by atoms with Crippen molar-refractivity contribution in [2.24, 2.45) is 0 Å². The Kier molecular flexibility index (Phi) is 12.5. The predicted octanol–water partition coefficient (Wildman–Crippen LogP) is 3.03. The second-order valence-corrected chi connectivity index (χ2v) is 6.28. The number of aliphatic carboxylic acids is 1. The van der Waals surface area contributed by atoms with E-state index in [1.54, 1.807) is 0 Å². The van der Waals surface area contributed by atoms with Crippen LogP contribution in [0.25, 0.3) is 0 Å². The number of hydrogen-bond donors (Lipinski definition) is 2. The minimum absolute atomic E-state index is 0. The smallest absolute Gasteiger partial charge is 0.313 e. The van der Waals surface area contributed by atoms with Gasteiger partial charge in [0, 0.05) is 21.1 Å². The van der Waals surface area contributed by atoms with Gasteiger partial charge in [0.2, 0.25) is 0 Å². The first kappa shape index (κ1) is 25.3. The number of carboxylic acids is 1. The Labute approximate surface area is 186 Å². The van der Waals surface area contributed by atoms with Crippen LogP contribution in [0.1, 0.15) is 29.0 Å². The van der Waals surface area contributed by atoms with Crippen molar-refractivity contribution >= 4 is 5.97 Å². The molecule has 6 nitrogen and oxygen atoms in total. The van der Waals surface area contributed by atoms with Crippen LogP contribution in [0.3, 0.4) is 0 Å². The van der Waals surface area contributed by atoms with Gasteiger partial charge in [0.15, 0.2) is 0 Å². The summed E-state index contributed by atoms with van der Waals surface area (Å²) in [5, 5.41) is 18.1. The van der Waals surface area contributed by atoms with Gasteiger partial charge >= 0.3 is 5.97 Å². The summed E-state index contributed by atoms with van der Waals surface area (Å²) in [7, 11) is 0. The zero-order chi connectivity index (χ0) is 20.2. The van der Waals surface area contributed by atoms with Crippen molar-refractivity contribution < 1.29 is 50.3 Å². The van der Waals surface area contributed by atoms with Crippen molar-refractivity contribution in [3.05, 3.63) is 72.1 Å². The molecule has 1 atom stereocenters. The second kappa shape index (κ2) is 14.3. The van der Waals surface area contributed by atoms with Crippen LogP contribution in [0.5, 0.6) is 5.75 Å². The maximum Gasteiger partial charge on any atom is 0.313 e. The molecule has 2 N–H and O–H groups in total. The fourth-order valence-corrected chi connectivity index (χ4v) is 2.66. The molecule has 0 aliphatic heterocycles. The number of aliphatic hydroxyl groups excluding tert-OH is 1. The molecular formula is C22H27O6W-. The van der Waals surface area contributed by atoms with Crippen LogP contribution in [-0.2, 0) is 41.8 Å². The van der Waals surface area contributed by atoms with E-state index >= 15 is 0 Å². The van der Waals surface area contributed by atoms with Gasteiger partial charge in [0.25, 0.3) is 0 Å². The molecule has 0 spiro atoms. The number of hydrogen-bond acceptors (Lipinski definition) is 5. The van der Waals surface area contributed by atoms with Gasteiger partial charge in [0.05, 0.1) is 26.4 Å². The molecule has 0 aliphatic rings. The van der Waals surface area contributed by atoms with Crippen LogP contribution in [0.15, 0.2) is 48.5 Å². The van der Waals surface area contributed by atoms with Crippen molar-refractivity contribution in [1.29, 1.82) is 0 Å². The van der Waals surface area contributed by atoms with Gasteiger partial charge in [-0.2, -0.15) is 0 Å². The molecule has 0 bridgehead atoms. The van der Waals surface area contributed by atoms with E-state index in [0.29, 0.717) is 12.2 Å². The normalized spacial score (nSPS) is 11.5. The first-order valence-corrected chi connectivity index (χ1v) is 9.23. The van der Waals surface area contributed by atoms with Crippen molar-refractivity contribution in [2.45, 2.75) is 18.8 Å². The molecule has 0 saturated heterocycles. The zero-order valence-electron chi connectivity index (χ0n) is 16.3. The van der Waals surface area contributed by atoms with Gasteiger partial charge in [0.1, 0.15) is 18.5 Å². The summed E-state index contributed by atoms with van der Waals surface area (Å²) in [6.45, 7) is 4.38. The molecule has 0 fully saturated rings. The van der Waals surface area contributed by atoms with Crippen molar-refractivity contribution in [3.8, 4) is 5.75 Å². The van der Waals surface area contributed by atoms with Gasteiger partial charge < -0.3 is 31.3 Å². The molecule has 2 aromatic carbocycles. The Balaban J connectivity index is 0.00000420.